The van der Waals surface area contributed by atoms with E-state index in [1.54, 1.807) is 14.0 Å². The van der Waals surface area contributed by atoms with Gasteiger partial charge in [-0.1, -0.05) is 0 Å². The van der Waals surface area contributed by atoms with Crippen molar-refractivity contribution < 1.29 is 13.2 Å². The van der Waals surface area contributed by atoms with Crippen LogP contribution < -0.4 is 5.32 Å². The van der Waals surface area contributed by atoms with Crippen molar-refractivity contribution in [1.29, 1.82) is 5.26 Å². The van der Waals surface area contributed by atoms with Crippen LogP contribution in [0.5, 0.6) is 0 Å². The second kappa shape index (κ2) is 6.05. The normalized spacial score (nSPS) is 23.1. The third kappa shape index (κ3) is 4.53. The van der Waals surface area contributed by atoms with Crippen LogP contribution in [0.25, 0.3) is 0 Å². The third-order valence-corrected chi connectivity index (χ3v) is 4.82. The Morgan fingerprint density at radius 3 is 2.78 bits per heavy atom. The van der Waals surface area contributed by atoms with Gasteiger partial charge in [0.25, 0.3) is 0 Å². The van der Waals surface area contributed by atoms with Gasteiger partial charge in [0.15, 0.2) is 9.84 Å². The van der Waals surface area contributed by atoms with Gasteiger partial charge in [0.2, 0.25) is 0 Å². The topological polar surface area (TPSA) is 90.3 Å². The minimum Gasteiger partial charge on any atom is -0.338 e. The number of nitrogens with zero attached hydrogens (tertiary/aromatic N) is 2. The fraction of sp³-hybridized carbons (Fsp3) is 0.818. The molecule has 2 atom stereocenters. The van der Waals surface area contributed by atoms with E-state index in [-0.39, 0.29) is 29.4 Å². The molecule has 102 valence electrons. The Bertz CT molecular complexity index is 441. The Hall–Kier alpha value is -1.29. The number of hydrogen-bond acceptors (Lipinski definition) is 4. The molecule has 1 rings (SSSR count). The number of carbonyl (C=O) groups excluding carboxylic acids is 1. The number of amides is 2. The first-order valence-electron chi connectivity index (χ1n) is 5.93. The summed E-state index contributed by atoms with van der Waals surface area (Å²) in [5.41, 5.74) is 0. The first-order valence-corrected chi connectivity index (χ1v) is 7.75. The predicted octanol–water partition coefficient (Wildman–Crippen LogP) is 0.222. The first kappa shape index (κ1) is 14.8. The van der Waals surface area contributed by atoms with Crippen molar-refractivity contribution >= 4 is 15.9 Å². The summed E-state index contributed by atoms with van der Waals surface area (Å²) in [4.78, 5) is 13.1. The Labute approximate surface area is 108 Å². The number of urea groups is 1. The van der Waals surface area contributed by atoms with Crippen molar-refractivity contribution in [2.75, 3.05) is 31.6 Å². The Kier molecular flexibility index (Phi) is 4.96. The lowest BCUT2D eigenvalue weighted by molar-refractivity contribution is 0.204. The number of hydrogen-bond donors (Lipinski definition) is 1. The van der Waals surface area contributed by atoms with Crippen LogP contribution in [-0.4, -0.2) is 51.0 Å². The second-order valence-electron chi connectivity index (χ2n) is 4.87. The lowest BCUT2D eigenvalue weighted by atomic mass is 10.1. The Morgan fingerprint density at radius 1 is 1.61 bits per heavy atom. The van der Waals surface area contributed by atoms with Crippen molar-refractivity contribution in [2.24, 2.45) is 11.8 Å². The van der Waals surface area contributed by atoms with Gasteiger partial charge in [-0.2, -0.15) is 5.26 Å². The van der Waals surface area contributed by atoms with E-state index in [2.05, 4.69) is 11.4 Å². The Balaban J connectivity index is 2.31. The summed E-state index contributed by atoms with van der Waals surface area (Å²) in [6, 6.07) is 1.80. The largest absolute Gasteiger partial charge is 0.338 e. The van der Waals surface area contributed by atoms with Crippen LogP contribution in [0.2, 0.25) is 0 Å². The van der Waals surface area contributed by atoms with E-state index in [0.29, 0.717) is 19.5 Å². The average molecular weight is 273 g/mol. The molecule has 0 aromatic carbocycles. The lowest BCUT2D eigenvalue weighted by Gasteiger charge is -2.20. The molecule has 0 bridgehead atoms. The number of carbonyl (C=O) groups is 1. The molecule has 0 spiro atoms. The number of nitriles is 1. The third-order valence-electron chi connectivity index (χ3n) is 2.98. The summed E-state index contributed by atoms with van der Waals surface area (Å²) in [6.45, 7) is 2.49. The highest BCUT2D eigenvalue weighted by Crippen LogP contribution is 2.17. The molecule has 1 aliphatic rings. The summed E-state index contributed by atoms with van der Waals surface area (Å²) in [6.07, 6.45) is 0.612. The Morgan fingerprint density at radius 2 is 2.28 bits per heavy atom. The molecule has 1 heterocycles. The molecule has 0 radical (unpaired) electrons. The van der Waals surface area contributed by atoms with Gasteiger partial charge in [-0.3, -0.25) is 0 Å². The quantitative estimate of drug-likeness (QED) is 0.793. The van der Waals surface area contributed by atoms with Crippen molar-refractivity contribution in [1.82, 2.24) is 10.2 Å². The standard InChI is InChI=1S/C11H19N3O3S/c1-9(5-12)7-14(2)11(15)13-6-10-3-4-18(16,17)8-10/h9-10H,3-4,6-8H2,1-2H3,(H,13,15)/t9-,10+/m1/s1. The van der Waals surface area contributed by atoms with Crippen LogP contribution >= 0.6 is 0 Å². The van der Waals surface area contributed by atoms with E-state index in [1.165, 1.54) is 4.90 Å². The van der Waals surface area contributed by atoms with Crippen molar-refractivity contribution in [3.05, 3.63) is 0 Å². The fourth-order valence-corrected chi connectivity index (χ4v) is 3.80. The van der Waals surface area contributed by atoms with E-state index >= 15 is 0 Å². The molecule has 1 saturated heterocycles. The molecule has 0 unspecified atom stereocenters. The zero-order valence-corrected chi connectivity index (χ0v) is 11.5. The highest BCUT2D eigenvalue weighted by atomic mass is 32.2. The summed E-state index contributed by atoms with van der Waals surface area (Å²) >= 11 is 0. The van der Waals surface area contributed by atoms with E-state index < -0.39 is 9.84 Å². The monoisotopic (exact) mass is 273 g/mol. The average Bonchev–Trinajstić information content (AvgIpc) is 2.65. The lowest BCUT2D eigenvalue weighted by Crippen LogP contribution is -2.41. The van der Waals surface area contributed by atoms with Crippen molar-refractivity contribution in [2.45, 2.75) is 13.3 Å². The summed E-state index contributed by atoms with van der Waals surface area (Å²) < 4.78 is 22.5. The number of sulfone groups is 1. The summed E-state index contributed by atoms with van der Waals surface area (Å²) in [5.74, 6) is 0.175. The molecule has 0 aromatic heterocycles. The van der Waals surface area contributed by atoms with Crippen LogP contribution in [0, 0.1) is 23.2 Å². The van der Waals surface area contributed by atoms with Gasteiger partial charge in [0.1, 0.15) is 0 Å². The fourth-order valence-electron chi connectivity index (χ4n) is 1.93. The highest BCUT2D eigenvalue weighted by Gasteiger charge is 2.28. The molecule has 6 nitrogen and oxygen atoms in total. The molecule has 0 saturated carbocycles. The van der Waals surface area contributed by atoms with Gasteiger partial charge in [0, 0.05) is 20.1 Å². The molecule has 0 aromatic rings. The summed E-state index contributed by atoms with van der Waals surface area (Å²) in [7, 11) is -1.27. The van der Waals surface area contributed by atoms with E-state index in [1.807, 2.05) is 0 Å². The molecule has 1 N–H and O–H groups in total. The zero-order chi connectivity index (χ0) is 13.8. The van der Waals surface area contributed by atoms with Crippen LogP contribution in [-0.2, 0) is 9.84 Å². The maximum absolute atomic E-state index is 11.7. The van der Waals surface area contributed by atoms with E-state index in [4.69, 9.17) is 5.26 Å². The predicted molar refractivity (Wildman–Crippen MR) is 67.6 cm³/mol. The van der Waals surface area contributed by atoms with E-state index in [0.717, 1.165) is 0 Å². The van der Waals surface area contributed by atoms with Crippen LogP contribution in [0.3, 0.4) is 0 Å². The molecule has 1 fully saturated rings. The van der Waals surface area contributed by atoms with Gasteiger partial charge < -0.3 is 10.2 Å². The molecular weight excluding hydrogens is 254 g/mol. The number of nitrogens with one attached hydrogen (secondary N) is 1. The molecule has 1 aliphatic heterocycles. The zero-order valence-electron chi connectivity index (χ0n) is 10.7. The van der Waals surface area contributed by atoms with Gasteiger partial charge in [-0.25, -0.2) is 13.2 Å². The molecule has 7 heteroatoms. The van der Waals surface area contributed by atoms with Crippen LogP contribution in [0.1, 0.15) is 13.3 Å². The SMILES string of the molecule is C[C@H](C#N)CN(C)C(=O)NC[C@@H]1CCS(=O)(=O)C1. The van der Waals surface area contributed by atoms with Gasteiger partial charge >= 0.3 is 6.03 Å². The van der Waals surface area contributed by atoms with Gasteiger partial charge in [-0.15, -0.1) is 0 Å². The van der Waals surface area contributed by atoms with Crippen molar-refractivity contribution in [3.63, 3.8) is 0 Å². The summed E-state index contributed by atoms with van der Waals surface area (Å²) in [5, 5.41) is 11.4. The second-order valence-corrected chi connectivity index (χ2v) is 7.09. The first-order chi connectivity index (χ1) is 8.34. The highest BCUT2D eigenvalue weighted by molar-refractivity contribution is 7.91. The van der Waals surface area contributed by atoms with Crippen LogP contribution in [0.4, 0.5) is 4.79 Å². The molecule has 2 amide bonds. The van der Waals surface area contributed by atoms with Gasteiger partial charge in [0.05, 0.1) is 23.5 Å². The maximum Gasteiger partial charge on any atom is 0.317 e. The molecule has 18 heavy (non-hydrogen) atoms. The van der Waals surface area contributed by atoms with E-state index in [9.17, 15) is 13.2 Å². The minimum atomic E-state index is -2.89. The van der Waals surface area contributed by atoms with Crippen molar-refractivity contribution in [3.8, 4) is 6.07 Å². The minimum absolute atomic E-state index is 0.0146. The molecular formula is C11H19N3O3S. The van der Waals surface area contributed by atoms with Gasteiger partial charge in [-0.05, 0) is 19.3 Å². The molecule has 0 aliphatic carbocycles. The maximum atomic E-state index is 11.7. The van der Waals surface area contributed by atoms with Crippen LogP contribution in [0.15, 0.2) is 0 Å². The number of rotatable bonds is 4. The smallest absolute Gasteiger partial charge is 0.317 e.